The molecule has 0 spiro atoms. The molecule has 0 atom stereocenters. The van der Waals surface area contributed by atoms with Crippen molar-refractivity contribution in [2.24, 2.45) is 0 Å². The van der Waals surface area contributed by atoms with Crippen molar-refractivity contribution in [2.45, 2.75) is 18.7 Å². The van der Waals surface area contributed by atoms with Crippen molar-refractivity contribution in [1.82, 2.24) is 10.1 Å². The first-order valence-corrected chi connectivity index (χ1v) is 8.12. The number of thiazole rings is 1. The predicted octanol–water partition coefficient (Wildman–Crippen LogP) is 2.70. The molecular formula is C12H11N3O3S2. The number of fused-ring (bicyclic) bond motifs is 1. The van der Waals surface area contributed by atoms with Crippen LogP contribution in [0.2, 0.25) is 0 Å². The van der Waals surface area contributed by atoms with Crippen molar-refractivity contribution >= 4 is 37.3 Å². The standard InChI is InChI=1S/C12H11N3O3S2/c1-7-12(8(2)18-14-7)20(16,17)15-9-3-4-10-11(5-9)19-6-13-10/h3-6,15H,1-2H3. The fourth-order valence-corrected chi connectivity index (χ4v) is 4.08. The van der Waals surface area contributed by atoms with Gasteiger partial charge in [-0.25, -0.2) is 13.4 Å². The van der Waals surface area contributed by atoms with Gasteiger partial charge in [0.15, 0.2) is 10.7 Å². The van der Waals surface area contributed by atoms with E-state index in [1.165, 1.54) is 11.3 Å². The summed E-state index contributed by atoms with van der Waals surface area (Å²) in [5, 5.41) is 3.66. The van der Waals surface area contributed by atoms with Crippen molar-refractivity contribution < 1.29 is 12.9 Å². The molecular weight excluding hydrogens is 298 g/mol. The Morgan fingerprint density at radius 2 is 2.10 bits per heavy atom. The Morgan fingerprint density at radius 1 is 1.30 bits per heavy atom. The van der Waals surface area contributed by atoms with Crippen LogP contribution in [0.4, 0.5) is 5.69 Å². The maximum absolute atomic E-state index is 12.4. The van der Waals surface area contributed by atoms with Gasteiger partial charge < -0.3 is 4.52 Å². The van der Waals surface area contributed by atoms with Crippen LogP contribution in [-0.2, 0) is 10.0 Å². The number of nitrogens with zero attached hydrogens (tertiary/aromatic N) is 2. The fraction of sp³-hybridized carbons (Fsp3) is 0.167. The van der Waals surface area contributed by atoms with E-state index < -0.39 is 10.0 Å². The topological polar surface area (TPSA) is 85.1 Å². The van der Waals surface area contributed by atoms with E-state index in [1.807, 2.05) is 0 Å². The molecule has 2 aromatic heterocycles. The van der Waals surface area contributed by atoms with Crippen molar-refractivity contribution in [2.75, 3.05) is 4.72 Å². The summed E-state index contributed by atoms with van der Waals surface area (Å²) in [6, 6.07) is 5.21. The number of sulfonamides is 1. The number of nitrogens with one attached hydrogen (secondary N) is 1. The van der Waals surface area contributed by atoms with E-state index in [-0.39, 0.29) is 10.7 Å². The van der Waals surface area contributed by atoms with Crippen LogP contribution in [0.25, 0.3) is 10.2 Å². The van der Waals surface area contributed by atoms with Crippen LogP contribution >= 0.6 is 11.3 Å². The first-order chi connectivity index (χ1) is 9.47. The zero-order chi connectivity index (χ0) is 14.3. The number of benzene rings is 1. The summed E-state index contributed by atoms with van der Waals surface area (Å²) >= 11 is 1.45. The Balaban J connectivity index is 2.01. The van der Waals surface area contributed by atoms with Gasteiger partial charge in [0, 0.05) is 0 Å². The quantitative estimate of drug-likeness (QED) is 0.804. The van der Waals surface area contributed by atoms with Crippen LogP contribution in [0.3, 0.4) is 0 Å². The normalized spacial score (nSPS) is 11.9. The molecule has 3 aromatic rings. The van der Waals surface area contributed by atoms with E-state index >= 15 is 0 Å². The molecule has 0 saturated carbocycles. The zero-order valence-corrected chi connectivity index (χ0v) is 12.4. The summed E-state index contributed by atoms with van der Waals surface area (Å²) in [5.41, 5.74) is 3.39. The molecule has 0 aliphatic heterocycles. The SMILES string of the molecule is Cc1noc(C)c1S(=O)(=O)Nc1ccc2ncsc2c1. The van der Waals surface area contributed by atoms with E-state index in [0.29, 0.717) is 11.4 Å². The van der Waals surface area contributed by atoms with Crippen LogP contribution in [0.15, 0.2) is 33.1 Å². The van der Waals surface area contributed by atoms with Crippen molar-refractivity contribution in [1.29, 1.82) is 0 Å². The van der Waals surface area contributed by atoms with Crippen molar-refractivity contribution in [3.8, 4) is 0 Å². The molecule has 20 heavy (non-hydrogen) atoms. The Bertz CT molecular complexity index is 861. The van der Waals surface area contributed by atoms with Gasteiger partial charge in [0.05, 0.1) is 21.4 Å². The van der Waals surface area contributed by atoms with Crippen molar-refractivity contribution in [3.05, 3.63) is 35.2 Å². The Morgan fingerprint density at radius 3 is 2.80 bits per heavy atom. The molecule has 0 radical (unpaired) electrons. The van der Waals surface area contributed by atoms with Crippen molar-refractivity contribution in [3.63, 3.8) is 0 Å². The second kappa shape index (κ2) is 4.57. The smallest absolute Gasteiger partial charge is 0.267 e. The molecule has 0 aliphatic carbocycles. The summed E-state index contributed by atoms with van der Waals surface area (Å²) in [5.74, 6) is 0.272. The Hall–Kier alpha value is -1.93. The molecule has 0 bridgehead atoms. The molecule has 0 unspecified atom stereocenters. The Kier molecular flexibility index (Phi) is 2.98. The molecule has 0 aliphatic rings. The first kappa shape index (κ1) is 13.1. The van der Waals surface area contributed by atoms with Crippen LogP contribution in [0, 0.1) is 13.8 Å². The number of rotatable bonds is 3. The molecule has 0 saturated heterocycles. The van der Waals surface area contributed by atoms with E-state index in [4.69, 9.17) is 4.52 Å². The van der Waals surface area contributed by atoms with E-state index in [1.54, 1.807) is 37.6 Å². The maximum atomic E-state index is 12.4. The van der Waals surface area contributed by atoms with Crippen LogP contribution in [0.1, 0.15) is 11.5 Å². The second-order valence-electron chi connectivity index (χ2n) is 4.29. The zero-order valence-electron chi connectivity index (χ0n) is 10.7. The summed E-state index contributed by atoms with van der Waals surface area (Å²) in [4.78, 5) is 4.24. The highest BCUT2D eigenvalue weighted by molar-refractivity contribution is 7.92. The fourth-order valence-electron chi connectivity index (χ4n) is 1.98. The minimum atomic E-state index is -3.71. The van der Waals surface area contributed by atoms with Crippen LogP contribution < -0.4 is 4.72 Å². The first-order valence-electron chi connectivity index (χ1n) is 5.76. The van der Waals surface area contributed by atoms with Gasteiger partial charge in [-0.2, -0.15) is 0 Å². The van der Waals surface area contributed by atoms with Gasteiger partial charge in [-0.1, -0.05) is 5.16 Å². The third-order valence-corrected chi connectivity index (χ3v) is 5.24. The molecule has 104 valence electrons. The number of hydrogen-bond donors (Lipinski definition) is 1. The van der Waals surface area contributed by atoms with Crippen LogP contribution in [-0.4, -0.2) is 18.6 Å². The molecule has 1 N–H and O–H groups in total. The summed E-state index contributed by atoms with van der Waals surface area (Å²) in [6.45, 7) is 3.17. The number of aryl methyl sites for hydroxylation is 2. The number of hydrogen-bond acceptors (Lipinski definition) is 6. The molecule has 6 nitrogen and oxygen atoms in total. The lowest BCUT2D eigenvalue weighted by molar-refractivity contribution is 0.390. The summed E-state index contributed by atoms with van der Waals surface area (Å²) in [7, 11) is -3.71. The lowest BCUT2D eigenvalue weighted by atomic mass is 10.3. The largest absolute Gasteiger partial charge is 0.360 e. The molecule has 3 rings (SSSR count). The lowest BCUT2D eigenvalue weighted by Gasteiger charge is -2.07. The van der Waals surface area contributed by atoms with Gasteiger partial charge in [0.25, 0.3) is 10.0 Å². The predicted molar refractivity (Wildman–Crippen MR) is 76.4 cm³/mol. The van der Waals surface area contributed by atoms with Gasteiger partial charge in [-0.3, -0.25) is 4.72 Å². The minimum Gasteiger partial charge on any atom is -0.360 e. The molecule has 0 fully saturated rings. The van der Waals surface area contributed by atoms with Gasteiger partial charge in [-0.05, 0) is 32.0 Å². The lowest BCUT2D eigenvalue weighted by Crippen LogP contribution is -2.14. The second-order valence-corrected chi connectivity index (χ2v) is 6.80. The summed E-state index contributed by atoms with van der Waals surface area (Å²) < 4.78 is 33.1. The number of anilines is 1. The Labute approximate surface area is 119 Å². The average molecular weight is 309 g/mol. The molecule has 1 aromatic carbocycles. The maximum Gasteiger partial charge on any atom is 0.267 e. The monoisotopic (exact) mass is 309 g/mol. The minimum absolute atomic E-state index is 0.0851. The van der Waals surface area contributed by atoms with E-state index in [2.05, 4.69) is 14.9 Å². The van der Waals surface area contributed by atoms with Gasteiger partial charge in [-0.15, -0.1) is 11.3 Å². The number of aromatic nitrogens is 2. The highest BCUT2D eigenvalue weighted by Crippen LogP contribution is 2.25. The third-order valence-electron chi connectivity index (χ3n) is 2.82. The van der Waals surface area contributed by atoms with Gasteiger partial charge in [0.1, 0.15) is 5.69 Å². The highest BCUT2D eigenvalue weighted by atomic mass is 32.2. The molecule has 2 heterocycles. The van der Waals surface area contributed by atoms with Gasteiger partial charge >= 0.3 is 0 Å². The highest BCUT2D eigenvalue weighted by Gasteiger charge is 2.24. The van der Waals surface area contributed by atoms with Gasteiger partial charge in [0.2, 0.25) is 0 Å². The summed E-state index contributed by atoms with van der Waals surface area (Å²) in [6.07, 6.45) is 0. The van der Waals surface area contributed by atoms with E-state index in [9.17, 15) is 8.42 Å². The van der Waals surface area contributed by atoms with Crippen LogP contribution in [0.5, 0.6) is 0 Å². The average Bonchev–Trinajstić information content (AvgIpc) is 2.95. The molecule has 8 heteroatoms. The van der Waals surface area contributed by atoms with E-state index in [0.717, 1.165) is 10.2 Å². The molecule has 0 amide bonds. The third kappa shape index (κ3) is 2.16.